The summed E-state index contributed by atoms with van der Waals surface area (Å²) in [6.07, 6.45) is 7.15. The first-order valence-corrected chi connectivity index (χ1v) is 7.60. The van der Waals surface area contributed by atoms with E-state index in [2.05, 4.69) is 27.1 Å². The predicted molar refractivity (Wildman–Crippen MR) is 93.2 cm³/mol. The van der Waals surface area contributed by atoms with Crippen molar-refractivity contribution < 1.29 is 0 Å². The zero-order valence-electron chi connectivity index (χ0n) is 12.1. The van der Waals surface area contributed by atoms with Crippen molar-refractivity contribution in [3.05, 3.63) is 78.5 Å². The van der Waals surface area contributed by atoms with Gasteiger partial charge < -0.3 is 0 Å². The summed E-state index contributed by atoms with van der Waals surface area (Å²) in [4.78, 5) is 12.6. The highest BCUT2D eigenvalue weighted by molar-refractivity contribution is 6.29. The molecule has 0 fully saturated rings. The van der Waals surface area contributed by atoms with E-state index in [-0.39, 0.29) is 0 Å². The van der Waals surface area contributed by atoms with Crippen molar-refractivity contribution in [1.29, 1.82) is 0 Å². The Morgan fingerprint density at radius 3 is 2.22 bits per heavy atom. The maximum atomic E-state index is 6.01. The second-order valence-electron chi connectivity index (χ2n) is 5.19. The lowest BCUT2D eigenvalue weighted by atomic mass is 9.98. The molecule has 110 valence electrons. The first kappa shape index (κ1) is 13.9. The SMILES string of the molecule is Clc1cc(-c2ccc3nccc(-c4ccncc4)c3c2)ccn1. The van der Waals surface area contributed by atoms with Crippen LogP contribution in [0.25, 0.3) is 33.2 Å². The van der Waals surface area contributed by atoms with Gasteiger partial charge in [0.2, 0.25) is 0 Å². The third kappa shape index (κ3) is 2.67. The van der Waals surface area contributed by atoms with Crippen molar-refractivity contribution in [3.63, 3.8) is 0 Å². The average Bonchev–Trinajstić information content (AvgIpc) is 2.61. The van der Waals surface area contributed by atoms with Gasteiger partial charge in [0.1, 0.15) is 5.15 Å². The van der Waals surface area contributed by atoms with Gasteiger partial charge in [-0.05, 0) is 64.7 Å². The number of pyridine rings is 3. The number of nitrogens with zero attached hydrogens (tertiary/aromatic N) is 3. The number of halogens is 1. The van der Waals surface area contributed by atoms with E-state index in [0.29, 0.717) is 5.15 Å². The third-order valence-corrected chi connectivity index (χ3v) is 4.00. The van der Waals surface area contributed by atoms with E-state index in [9.17, 15) is 0 Å². The molecule has 0 radical (unpaired) electrons. The summed E-state index contributed by atoms with van der Waals surface area (Å²) >= 11 is 6.01. The van der Waals surface area contributed by atoms with Crippen molar-refractivity contribution in [2.45, 2.75) is 0 Å². The van der Waals surface area contributed by atoms with Crippen molar-refractivity contribution in [3.8, 4) is 22.3 Å². The molecule has 0 N–H and O–H groups in total. The van der Waals surface area contributed by atoms with Crippen LogP contribution in [0.1, 0.15) is 0 Å². The predicted octanol–water partition coefficient (Wildman–Crippen LogP) is 5.01. The highest BCUT2D eigenvalue weighted by Crippen LogP contribution is 2.31. The molecule has 4 heteroatoms. The standard InChI is InChI=1S/C19H12ClN3/c20-19-12-15(5-9-23-19)14-1-2-18-17(11-14)16(6-10-22-18)13-3-7-21-8-4-13/h1-12H. The van der Waals surface area contributed by atoms with Gasteiger partial charge >= 0.3 is 0 Å². The molecule has 3 heterocycles. The van der Waals surface area contributed by atoms with Gasteiger partial charge in [0, 0.05) is 30.2 Å². The largest absolute Gasteiger partial charge is 0.265 e. The molecule has 3 aromatic heterocycles. The Bertz CT molecular complexity index is 984. The quantitative estimate of drug-likeness (QED) is 0.488. The molecular weight excluding hydrogens is 306 g/mol. The van der Waals surface area contributed by atoms with Crippen LogP contribution in [0.3, 0.4) is 0 Å². The van der Waals surface area contributed by atoms with Crippen molar-refractivity contribution >= 4 is 22.5 Å². The lowest BCUT2D eigenvalue weighted by Crippen LogP contribution is -1.87. The van der Waals surface area contributed by atoms with Crippen LogP contribution in [0, 0.1) is 0 Å². The minimum absolute atomic E-state index is 0.489. The Morgan fingerprint density at radius 1 is 0.652 bits per heavy atom. The molecule has 0 aliphatic carbocycles. The number of rotatable bonds is 2. The van der Waals surface area contributed by atoms with E-state index >= 15 is 0 Å². The maximum absolute atomic E-state index is 6.01. The van der Waals surface area contributed by atoms with Crippen LogP contribution >= 0.6 is 11.6 Å². The van der Waals surface area contributed by atoms with Gasteiger partial charge in [-0.1, -0.05) is 17.7 Å². The van der Waals surface area contributed by atoms with Gasteiger partial charge in [-0.15, -0.1) is 0 Å². The summed E-state index contributed by atoms with van der Waals surface area (Å²) in [7, 11) is 0. The molecular formula is C19H12ClN3. The number of benzene rings is 1. The molecule has 23 heavy (non-hydrogen) atoms. The van der Waals surface area contributed by atoms with Crippen molar-refractivity contribution in [2.24, 2.45) is 0 Å². The normalized spacial score (nSPS) is 10.8. The van der Waals surface area contributed by atoms with Crippen molar-refractivity contribution in [1.82, 2.24) is 15.0 Å². The number of hydrogen-bond acceptors (Lipinski definition) is 3. The molecule has 4 rings (SSSR count). The lowest BCUT2D eigenvalue weighted by Gasteiger charge is -2.09. The first-order chi connectivity index (χ1) is 11.3. The van der Waals surface area contributed by atoms with Gasteiger partial charge in [-0.2, -0.15) is 0 Å². The Morgan fingerprint density at radius 2 is 1.39 bits per heavy atom. The van der Waals surface area contributed by atoms with E-state index in [1.807, 2.05) is 42.6 Å². The molecule has 0 amide bonds. The van der Waals surface area contributed by atoms with Crippen LogP contribution in [-0.2, 0) is 0 Å². The number of hydrogen-bond donors (Lipinski definition) is 0. The fourth-order valence-electron chi connectivity index (χ4n) is 2.69. The Kier molecular flexibility index (Phi) is 3.48. The zero-order chi connectivity index (χ0) is 15.6. The topological polar surface area (TPSA) is 38.7 Å². The summed E-state index contributed by atoms with van der Waals surface area (Å²) in [5.41, 5.74) is 5.35. The summed E-state index contributed by atoms with van der Waals surface area (Å²) < 4.78 is 0. The van der Waals surface area contributed by atoms with Crippen LogP contribution in [0.5, 0.6) is 0 Å². The van der Waals surface area contributed by atoms with Crippen LogP contribution in [0.4, 0.5) is 0 Å². The third-order valence-electron chi connectivity index (χ3n) is 3.79. The van der Waals surface area contributed by atoms with Gasteiger partial charge in [-0.25, -0.2) is 4.98 Å². The van der Waals surface area contributed by atoms with Crippen molar-refractivity contribution in [2.75, 3.05) is 0 Å². The molecule has 0 saturated heterocycles. The van der Waals surface area contributed by atoms with E-state index in [1.165, 1.54) is 0 Å². The summed E-state index contributed by atoms with van der Waals surface area (Å²) in [5.74, 6) is 0. The maximum Gasteiger partial charge on any atom is 0.129 e. The van der Waals surface area contributed by atoms with Gasteiger partial charge in [0.05, 0.1) is 5.52 Å². The average molecular weight is 318 g/mol. The van der Waals surface area contributed by atoms with E-state index in [4.69, 9.17) is 11.6 Å². The Balaban J connectivity index is 1.94. The summed E-state index contributed by atoms with van der Waals surface area (Å²) in [6, 6.07) is 16.1. The summed E-state index contributed by atoms with van der Waals surface area (Å²) in [6.45, 7) is 0. The molecule has 0 aliphatic heterocycles. The van der Waals surface area contributed by atoms with Gasteiger partial charge in [0.15, 0.2) is 0 Å². The fourth-order valence-corrected chi connectivity index (χ4v) is 2.86. The van der Waals surface area contributed by atoms with E-state index < -0.39 is 0 Å². The van der Waals surface area contributed by atoms with Crippen LogP contribution < -0.4 is 0 Å². The monoisotopic (exact) mass is 317 g/mol. The first-order valence-electron chi connectivity index (χ1n) is 7.22. The molecule has 3 nitrogen and oxygen atoms in total. The molecule has 1 aromatic carbocycles. The van der Waals surface area contributed by atoms with Crippen LogP contribution in [0.15, 0.2) is 73.3 Å². The lowest BCUT2D eigenvalue weighted by molar-refractivity contribution is 1.33. The molecule has 0 saturated carbocycles. The zero-order valence-corrected chi connectivity index (χ0v) is 12.9. The number of fused-ring (bicyclic) bond motifs is 1. The summed E-state index contributed by atoms with van der Waals surface area (Å²) in [5, 5.41) is 1.59. The van der Waals surface area contributed by atoms with E-state index in [1.54, 1.807) is 18.6 Å². The minimum Gasteiger partial charge on any atom is -0.265 e. The molecule has 4 aromatic rings. The Hall–Kier alpha value is -2.78. The van der Waals surface area contributed by atoms with Crippen LogP contribution in [0.2, 0.25) is 5.15 Å². The molecule has 0 spiro atoms. The highest BCUT2D eigenvalue weighted by atomic mass is 35.5. The second kappa shape index (κ2) is 5.78. The Labute approximate surface area is 138 Å². The highest BCUT2D eigenvalue weighted by Gasteiger charge is 2.07. The van der Waals surface area contributed by atoms with Gasteiger partial charge in [0.25, 0.3) is 0 Å². The molecule has 0 aliphatic rings. The number of aromatic nitrogens is 3. The van der Waals surface area contributed by atoms with Crippen LogP contribution in [-0.4, -0.2) is 15.0 Å². The van der Waals surface area contributed by atoms with Gasteiger partial charge in [-0.3, -0.25) is 9.97 Å². The smallest absolute Gasteiger partial charge is 0.129 e. The second-order valence-corrected chi connectivity index (χ2v) is 5.58. The molecule has 0 bridgehead atoms. The molecule has 0 atom stereocenters. The minimum atomic E-state index is 0.489. The molecule has 0 unspecified atom stereocenters. The fraction of sp³-hybridized carbons (Fsp3) is 0. The van der Waals surface area contributed by atoms with E-state index in [0.717, 1.165) is 33.2 Å².